The van der Waals surface area contributed by atoms with Crippen molar-refractivity contribution in [3.05, 3.63) is 29.8 Å². The average Bonchev–Trinajstić information content (AvgIpc) is 2.54. The molecule has 3 atom stereocenters. The van der Waals surface area contributed by atoms with E-state index >= 15 is 0 Å². The lowest BCUT2D eigenvalue weighted by molar-refractivity contribution is -0.121. The molecule has 4 nitrogen and oxygen atoms in total. The molecule has 2 rings (SSSR count). The normalized spacial score (nSPS) is 23.0. The molecule has 1 saturated carbocycles. The van der Waals surface area contributed by atoms with E-state index in [1.807, 2.05) is 19.1 Å². The molecule has 5 heteroatoms. The number of carbonyl (C=O) groups excluding carboxylic acids is 1. The summed E-state index contributed by atoms with van der Waals surface area (Å²) >= 11 is 0. The fraction of sp³-hybridized carbons (Fsp3) is 0.588. The van der Waals surface area contributed by atoms with Crippen molar-refractivity contribution < 1.29 is 14.1 Å². The molecule has 0 bridgehead atoms. The molecule has 0 saturated heterocycles. The summed E-state index contributed by atoms with van der Waals surface area (Å²) in [4.78, 5) is 12.1. The van der Waals surface area contributed by atoms with Gasteiger partial charge in [0.15, 0.2) is 0 Å². The minimum atomic E-state index is -0.845. The molecule has 2 N–H and O–H groups in total. The van der Waals surface area contributed by atoms with Crippen LogP contribution in [0.2, 0.25) is 0 Å². The monoisotopic (exact) mass is 323 g/mol. The lowest BCUT2D eigenvalue weighted by atomic mass is 9.94. The number of hydrogen-bond donors (Lipinski definition) is 2. The summed E-state index contributed by atoms with van der Waals surface area (Å²) in [5.41, 5.74) is 1.03. The summed E-state index contributed by atoms with van der Waals surface area (Å²) in [6, 6.07) is 6.99. The van der Waals surface area contributed by atoms with Crippen molar-refractivity contribution in [1.82, 2.24) is 5.32 Å². The lowest BCUT2D eigenvalue weighted by Gasteiger charge is -2.31. The van der Waals surface area contributed by atoms with Crippen LogP contribution in [0.25, 0.3) is 0 Å². The highest BCUT2D eigenvalue weighted by atomic mass is 32.2. The third-order valence-electron chi connectivity index (χ3n) is 4.25. The summed E-state index contributed by atoms with van der Waals surface area (Å²) in [5, 5.41) is 12.4. The van der Waals surface area contributed by atoms with Crippen molar-refractivity contribution >= 4 is 16.7 Å². The van der Waals surface area contributed by atoms with Crippen molar-refractivity contribution in [3.63, 3.8) is 0 Å². The standard InChI is InChI=1S/C17H25NO3S/c1-2-22(21)16-6-4-3-5-15(16)18-17(20)12-9-13-7-10-14(19)11-8-13/h7-8,10-11,15-16,19H,2-6,9,12H2,1H3,(H,18,20)/t15-,16+,22+/m1/s1. The van der Waals surface area contributed by atoms with E-state index in [-0.39, 0.29) is 22.9 Å². The molecule has 122 valence electrons. The highest BCUT2D eigenvalue weighted by Gasteiger charge is 2.29. The Balaban J connectivity index is 1.84. The van der Waals surface area contributed by atoms with Crippen molar-refractivity contribution in [2.24, 2.45) is 0 Å². The van der Waals surface area contributed by atoms with E-state index < -0.39 is 10.8 Å². The Morgan fingerprint density at radius 3 is 2.64 bits per heavy atom. The second-order valence-electron chi connectivity index (χ2n) is 5.83. The number of carbonyl (C=O) groups is 1. The Bertz CT molecular complexity index is 515. The van der Waals surface area contributed by atoms with Crippen LogP contribution in [0.3, 0.4) is 0 Å². The van der Waals surface area contributed by atoms with Crippen molar-refractivity contribution in [2.45, 2.75) is 56.7 Å². The largest absolute Gasteiger partial charge is 0.508 e. The first-order valence-corrected chi connectivity index (χ1v) is 9.42. The molecule has 0 unspecified atom stereocenters. The molecule has 1 aliphatic rings. The summed E-state index contributed by atoms with van der Waals surface area (Å²) in [6.07, 6.45) is 5.16. The fourth-order valence-corrected chi connectivity index (χ4v) is 4.42. The Kier molecular flexibility index (Phi) is 6.43. The zero-order chi connectivity index (χ0) is 15.9. The quantitative estimate of drug-likeness (QED) is 0.845. The average molecular weight is 323 g/mol. The van der Waals surface area contributed by atoms with Gasteiger partial charge in [-0.2, -0.15) is 0 Å². The van der Waals surface area contributed by atoms with E-state index in [1.165, 1.54) is 0 Å². The molecule has 0 aromatic heterocycles. The van der Waals surface area contributed by atoms with Gasteiger partial charge in [0, 0.05) is 29.0 Å². The molecule has 1 amide bonds. The van der Waals surface area contributed by atoms with Gasteiger partial charge in [-0.05, 0) is 37.0 Å². The maximum Gasteiger partial charge on any atom is 0.220 e. The van der Waals surface area contributed by atoms with E-state index in [0.717, 1.165) is 31.2 Å². The topological polar surface area (TPSA) is 66.4 Å². The minimum absolute atomic E-state index is 0.0260. The first-order valence-electron chi connectivity index (χ1n) is 8.04. The summed E-state index contributed by atoms with van der Waals surface area (Å²) in [5.74, 6) is 0.920. The van der Waals surface area contributed by atoms with E-state index in [0.29, 0.717) is 18.6 Å². The van der Waals surface area contributed by atoms with E-state index in [4.69, 9.17) is 0 Å². The Hall–Kier alpha value is -1.36. The Morgan fingerprint density at radius 2 is 1.95 bits per heavy atom. The predicted octanol–water partition coefficient (Wildman–Crippen LogP) is 2.52. The molecule has 1 aliphatic carbocycles. The molecular formula is C17H25NO3S. The van der Waals surface area contributed by atoms with Crippen molar-refractivity contribution in [3.8, 4) is 5.75 Å². The molecule has 1 aromatic carbocycles. The number of benzene rings is 1. The minimum Gasteiger partial charge on any atom is -0.508 e. The van der Waals surface area contributed by atoms with Crippen LogP contribution in [0.4, 0.5) is 0 Å². The van der Waals surface area contributed by atoms with Gasteiger partial charge in [-0.25, -0.2) is 0 Å². The van der Waals surface area contributed by atoms with Crippen LogP contribution in [0, 0.1) is 0 Å². The van der Waals surface area contributed by atoms with E-state index in [1.54, 1.807) is 12.1 Å². The zero-order valence-corrected chi connectivity index (χ0v) is 13.9. The first-order chi connectivity index (χ1) is 10.6. The number of aryl methyl sites for hydroxylation is 1. The number of phenolic OH excluding ortho intramolecular Hbond substituents is 1. The number of amides is 1. The van der Waals surface area contributed by atoms with Crippen LogP contribution < -0.4 is 5.32 Å². The van der Waals surface area contributed by atoms with Gasteiger partial charge in [0.25, 0.3) is 0 Å². The van der Waals surface area contributed by atoms with Gasteiger partial charge >= 0.3 is 0 Å². The third kappa shape index (κ3) is 4.83. The predicted molar refractivity (Wildman–Crippen MR) is 89.3 cm³/mol. The summed E-state index contributed by atoms with van der Waals surface area (Å²) < 4.78 is 12.1. The van der Waals surface area contributed by atoms with Gasteiger partial charge in [0.05, 0.1) is 5.25 Å². The number of nitrogens with one attached hydrogen (secondary N) is 1. The van der Waals surface area contributed by atoms with Gasteiger partial charge in [-0.15, -0.1) is 0 Å². The maximum absolute atomic E-state index is 12.1. The molecule has 1 aromatic rings. The second-order valence-corrected chi connectivity index (χ2v) is 7.78. The van der Waals surface area contributed by atoms with Crippen molar-refractivity contribution in [1.29, 1.82) is 0 Å². The Morgan fingerprint density at radius 1 is 1.27 bits per heavy atom. The number of hydrogen-bond acceptors (Lipinski definition) is 3. The SMILES string of the molecule is CC[S@](=O)[C@H]1CCCC[C@H]1NC(=O)CCc1ccc(O)cc1. The van der Waals surface area contributed by atoms with Crippen LogP contribution >= 0.6 is 0 Å². The van der Waals surface area contributed by atoms with Crippen LogP contribution in [0.1, 0.15) is 44.6 Å². The van der Waals surface area contributed by atoms with Gasteiger partial charge in [0.1, 0.15) is 5.75 Å². The van der Waals surface area contributed by atoms with Gasteiger partial charge < -0.3 is 10.4 Å². The van der Waals surface area contributed by atoms with E-state index in [2.05, 4.69) is 5.32 Å². The first kappa shape index (κ1) is 17.0. The summed E-state index contributed by atoms with van der Waals surface area (Å²) in [7, 11) is -0.845. The maximum atomic E-state index is 12.1. The number of phenols is 1. The van der Waals surface area contributed by atoms with Crippen molar-refractivity contribution in [2.75, 3.05) is 5.75 Å². The number of rotatable bonds is 6. The fourth-order valence-electron chi connectivity index (χ4n) is 2.99. The van der Waals surface area contributed by atoms with Gasteiger partial charge in [-0.1, -0.05) is 31.9 Å². The molecule has 22 heavy (non-hydrogen) atoms. The van der Waals surface area contributed by atoms with Crippen LogP contribution in [-0.4, -0.2) is 32.3 Å². The van der Waals surface area contributed by atoms with Crippen LogP contribution in [0.5, 0.6) is 5.75 Å². The summed E-state index contributed by atoms with van der Waals surface area (Å²) in [6.45, 7) is 1.94. The van der Waals surface area contributed by atoms with E-state index in [9.17, 15) is 14.1 Å². The molecule has 0 aliphatic heterocycles. The second kappa shape index (κ2) is 8.32. The molecular weight excluding hydrogens is 298 g/mol. The molecule has 0 heterocycles. The van der Waals surface area contributed by atoms with Gasteiger partial charge in [-0.3, -0.25) is 9.00 Å². The number of aromatic hydroxyl groups is 1. The molecule has 0 radical (unpaired) electrons. The molecule has 1 fully saturated rings. The highest BCUT2D eigenvalue weighted by Crippen LogP contribution is 2.23. The smallest absolute Gasteiger partial charge is 0.220 e. The van der Waals surface area contributed by atoms with Crippen LogP contribution in [0.15, 0.2) is 24.3 Å². The third-order valence-corrected chi connectivity index (χ3v) is 6.06. The zero-order valence-electron chi connectivity index (χ0n) is 13.1. The lowest BCUT2D eigenvalue weighted by Crippen LogP contribution is -2.47. The highest BCUT2D eigenvalue weighted by molar-refractivity contribution is 7.85. The van der Waals surface area contributed by atoms with Gasteiger partial charge in [0.2, 0.25) is 5.91 Å². The Labute approximate surface area is 134 Å². The molecule has 0 spiro atoms. The van der Waals surface area contributed by atoms with Crippen LogP contribution in [-0.2, 0) is 22.0 Å².